The van der Waals surface area contributed by atoms with Gasteiger partial charge in [-0.05, 0) is 72.9 Å². The van der Waals surface area contributed by atoms with Crippen molar-refractivity contribution in [3.8, 4) is 11.5 Å². The number of benzene rings is 2. The maximum atomic E-state index is 12.6. The summed E-state index contributed by atoms with van der Waals surface area (Å²) in [5.41, 5.74) is 0.940. The second kappa shape index (κ2) is 13.4. The van der Waals surface area contributed by atoms with Gasteiger partial charge in [-0.1, -0.05) is 6.58 Å². The zero-order chi connectivity index (χ0) is 29.7. The Balaban J connectivity index is 1.36. The molecule has 2 aromatic carbocycles. The van der Waals surface area contributed by atoms with Gasteiger partial charge in [-0.3, -0.25) is 0 Å². The van der Waals surface area contributed by atoms with Gasteiger partial charge in [0.2, 0.25) is 0 Å². The first-order valence-electron chi connectivity index (χ1n) is 13.2. The van der Waals surface area contributed by atoms with Crippen LogP contribution in [0.25, 0.3) is 0 Å². The summed E-state index contributed by atoms with van der Waals surface area (Å²) in [5.74, 6) is -1.95. The van der Waals surface area contributed by atoms with E-state index in [-0.39, 0.29) is 41.8 Å². The normalized spacial score (nSPS) is 29.7. The largest absolute Gasteiger partial charge is 0.508 e. The van der Waals surface area contributed by atoms with E-state index >= 15 is 0 Å². The van der Waals surface area contributed by atoms with Crippen molar-refractivity contribution < 1.29 is 59.2 Å². The SMILES string of the molecule is C=C1C(OC(=O)c2ccc(O)cc2)CC(CCO)C1COC1OC(COC(=O)c2ccc(O)cc2)C(O)C(O)C1O. The van der Waals surface area contributed by atoms with Crippen LogP contribution in [0.5, 0.6) is 11.5 Å². The molecule has 2 aliphatic rings. The number of phenols is 2. The fraction of sp³-hybridized carbons (Fsp3) is 0.448. The molecule has 12 nitrogen and oxygen atoms in total. The molecule has 2 aromatic rings. The summed E-state index contributed by atoms with van der Waals surface area (Å²) in [5, 5.41) is 59.7. The first kappa shape index (κ1) is 30.4. The lowest BCUT2D eigenvalue weighted by atomic mass is 9.92. The Bertz CT molecular complexity index is 1200. The molecule has 1 heterocycles. The molecule has 6 N–H and O–H groups in total. The monoisotopic (exact) mass is 574 g/mol. The second-order valence-corrected chi connectivity index (χ2v) is 10.1. The van der Waals surface area contributed by atoms with E-state index in [4.69, 9.17) is 18.9 Å². The van der Waals surface area contributed by atoms with Crippen LogP contribution in [0.1, 0.15) is 33.6 Å². The molecule has 0 radical (unpaired) electrons. The molecule has 1 aliphatic heterocycles. The number of rotatable bonds is 10. The molecule has 0 bridgehead atoms. The quantitative estimate of drug-likeness (QED) is 0.174. The molecular formula is C29H34O12. The topological polar surface area (TPSA) is 192 Å². The van der Waals surface area contributed by atoms with Crippen LogP contribution in [0.15, 0.2) is 60.7 Å². The Morgan fingerprint density at radius 3 is 2.02 bits per heavy atom. The fourth-order valence-corrected chi connectivity index (χ4v) is 5.01. The lowest BCUT2D eigenvalue weighted by molar-refractivity contribution is -0.302. The molecule has 41 heavy (non-hydrogen) atoms. The van der Waals surface area contributed by atoms with Gasteiger partial charge in [0, 0.05) is 12.5 Å². The lowest BCUT2D eigenvalue weighted by Crippen LogP contribution is -2.59. The highest BCUT2D eigenvalue weighted by molar-refractivity contribution is 5.90. The van der Waals surface area contributed by atoms with Crippen LogP contribution in [0, 0.1) is 11.8 Å². The molecule has 1 saturated carbocycles. The third-order valence-corrected chi connectivity index (χ3v) is 7.42. The molecule has 0 aromatic heterocycles. The van der Waals surface area contributed by atoms with Crippen LogP contribution in [-0.2, 0) is 18.9 Å². The molecule has 222 valence electrons. The van der Waals surface area contributed by atoms with Gasteiger partial charge in [-0.2, -0.15) is 0 Å². The highest BCUT2D eigenvalue weighted by Crippen LogP contribution is 2.40. The number of carbonyl (C=O) groups is 2. The molecule has 1 aliphatic carbocycles. The van der Waals surface area contributed by atoms with Crippen LogP contribution < -0.4 is 0 Å². The molecule has 8 atom stereocenters. The minimum Gasteiger partial charge on any atom is -0.508 e. The van der Waals surface area contributed by atoms with Gasteiger partial charge in [-0.25, -0.2) is 9.59 Å². The summed E-state index contributed by atoms with van der Waals surface area (Å²) in [7, 11) is 0. The van der Waals surface area contributed by atoms with Crippen molar-refractivity contribution >= 4 is 11.9 Å². The maximum absolute atomic E-state index is 12.6. The van der Waals surface area contributed by atoms with Crippen LogP contribution >= 0.6 is 0 Å². The third-order valence-electron chi connectivity index (χ3n) is 7.42. The number of aliphatic hydroxyl groups excluding tert-OH is 4. The molecule has 2 fully saturated rings. The average molecular weight is 575 g/mol. The number of aliphatic hydroxyl groups is 4. The molecule has 8 unspecified atom stereocenters. The molecular weight excluding hydrogens is 540 g/mol. The Morgan fingerprint density at radius 1 is 0.854 bits per heavy atom. The van der Waals surface area contributed by atoms with Crippen LogP contribution in [-0.4, -0.2) is 99.2 Å². The van der Waals surface area contributed by atoms with Crippen molar-refractivity contribution in [1.82, 2.24) is 0 Å². The van der Waals surface area contributed by atoms with Crippen molar-refractivity contribution in [1.29, 1.82) is 0 Å². The molecule has 0 spiro atoms. The van der Waals surface area contributed by atoms with Gasteiger partial charge in [-0.15, -0.1) is 0 Å². The summed E-state index contributed by atoms with van der Waals surface area (Å²) in [4.78, 5) is 24.9. The first-order chi connectivity index (χ1) is 19.6. The van der Waals surface area contributed by atoms with Gasteiger partial charge in [0.15, 0.2) is 6.29 Å². The summed E-state index contributed by atoms with van der Waals surface area (Å²) < 4.78 is 22.3. The van der Waals surface area contributed by atoms with Crippen molar-refractivity contribution in [2.24, 2.45) is 11.8 Å². The van der Waals surface area contributed by atoms with Gasteiger partial charge in [0.1, 0.15) is 48.6 Å². The summed E-state index contributed by atoms with van der Waals surface area (Å²) in [6.07, 6.45) is -7.41. The van der Waals surface area contributed by atoms with Crippen LogP contribution in [0.2, 0.25) is 0 Å². The van der Waals surface area contributed by atoms with E-state index in [1.54, 1.807) is 0 Å². The van der Waals surface area contributed by atoms with Crippen molar-refractivity contribution in [2.45, 2.75) is 49.7 Å². The van der Waals surface area contributed by atoms with Gasteiger partial charge >= 0.3 is 11.9 Å². The van der Waals surface area contributed by atoms with E-state index in [1.807, 2.05) is 0 Å². The number of ether oxygens (including phenoxy) is 4. The lowest BCUT2D eigenvalue weighted by Gasteiger charge is -2.40. The summed E-state index contributed by atoms with van der Waals surface area (Å²) in [6.45, 7) is 3.42. The standard InChI is InChI=1S/C29H34O12/c1-15-21(18(10-11-30)12-22(15)40-28(37)17-4-8-20(32)9-5-17)13-39-29-26(35)25(34)24(33)23(41-29)14-38-27(36)16-2-6-19(31)7-3-16/h2-9,18,21-26,29-35H,1,10-14H2. The molecule has 4 rings (SSSR count). The Kier molecular flexibility index (Phi) is 9.97. The third kappa shape index (κ3) is 7.22. The van der Waals surface area contributed by atoms with E-state index < -0.39 is 61.3 Å². The highest BCUT2D eigenvalue weighted by Gasteiger charge is 2.46. The predicted molar refractivity (Wildman–Crippen MR) is 141 cm³/mol. The van der Waals surface area contributed by atoms with E-state index in [1.165, 1.54) is 48.5 Å². The predicted octanol–water partition coefficient (Wildman–Crippen LogP) is 0.879. The Morgan fingerprint density at radius 2 is 1.44 bits per heavy atom. The number of esters is 2. The van der Waals surface area contributed by atoms with Crippen molar-refractivity contribution in [3.05, 3.63) is 71.8 Å². The van der Waals surface area contributed by atoms with Crippen molar-refractivity contribution in [3.63, 3.8) is 0 Å². The number of hydrogen-bond donors (Lipinski definition) is 6. The Labute approximate surface area is 236 Å². The van der Waals surface area contributed by atoms with Crippen LogP contribution in [0.3, 0.4) is 0 Å². The zero-order valence-corrected chi connectivity index (χ0v) is 22.1. The Hall–Kier alpha value is -3.52. The fourth-order valence-electron chi connectivity index (χ4n) is 5.01. The van der Waals surface area contributed by atoms with Gasteiger partial charge < -0.3 is 49.6 Å². The zero-order valence-electron chi connectivity index (χ0n) is 22.1. The smallest absolute Gasteiger partial charge is 0.338 e. The molecule has 0 amide bonds. The molecule has 12 heteroatoms. The first-order valence-corrected chi connectivity index (χ1v) is 13.2. The minimum absolute atomic E-state index is 0.00884. The van der Waals surface area contributed by atoms with Crippen LogP contribution in [0.4, 0.5) is 0 Å². The molecule has 1 saturated heterocycles. The highest BCUT2D eigenvalue weighted by atomic mass is 16.7. The maximum Gasteiger partial charge on any atom is 0.338 e. The van der Waals surface area contributed by atoms with E-state index in [0.717, 1.165) is 0 Å². The van der Waals surface area contributed by atoms with Crippen molar-refractivity contribution in [2.75, 3.05) is 19.8 Å². The van der Waals surface area contributed by atoms with E-state index in [2.05, 4.69) is 6.58 Å². The summed E-state index contributed by atoms with van der Waals surface area (Å²) >= 11 is 0. The van der Waals surface area contributed by atoms with Gasteiger partial charge in [0.05, 0.1) is 17.7 Å². The van der Waals surface area contributed by atoms with E-state index in [9.17, 15) is 40.2 Å². The number of aromatic hydroxyl groups is 2. The number of carbonyl (C=O) groups excluding carboxylic acids is 2. The van der Waals surface area contributed by atoms with E-state index in [0.29, 0.717) is 18.4 Å². The summed E-state index contributed by atoms with van der Waals surface area (Å²) in [6, 6.07) is 10.9. The second-order valence-electron chi connectivity index (χ2n) is 10.1. The number of hydrogen-bond acceptors (Lipinski definition) is 12. The van der Waals surface area contributed by atoms with Gasteiger partial charge in [0.25, 0.3) is 0 Å². The minimum atomic E-state index is -1.66. The number of phenolic OH excluding ortho intramolecular Hbond substituents is 2. The average Bonchev–Trinajstić information content (AvgIpc) is 3.24.